The Labute approximate surface area is 187 Å². The maximum absolute atomic E-state index is 12.3. The van der Waals surface area contributed by atoms with Gasteiger partial charge >= 0.3 is 0 Å². The van der Waals surface area contributed by atoms with E-state index in [0.717, 1.165) is 16.3 Å². The molecule has 0 saturated carbocycles. The highest BCUT2D eigenvalue weighted by Crippen LogP contribution is 2.32. The highest BCUT2D eigenvalue weighted by Gasteiger charge is 2.26. The molecule has 1 fully saturated rings. The van der Waals surface area contributed by atoms with Crippen LogP contribution in [0.4, 0.5) is 0 Å². The van der Waals surface area contributed by atoms with Crippen LogP contribution in [-0.4, -0.2) is 16.9 Å². The molecular formula is C22H14Cl2N2O3S. The van der Waals surface area contributed by atoms with E-state index in [4.69, 9.17) is 40.2 Å². The molecule has 1 saturated heterocycles. The zero-order valence-electron chi connectivity index (χ0n) is 15.4. The van der Waals surface area contributed by atoms with Gasteiger partial charge in [-0.25, -0.2) is 0 Å². The number of hydrogen-bond donors (Lipinski definition) is 2. The molecule has 1 aliphatic heterocycles. The fraction of sp³-hybridized carbons (Fsp3) is 0.0455. The molecule has 1 aliphatic rings. The van der Waals surface area contributed by atoms with E-state index < -0.39 is 11.8 Å². The van der Waals surface area contributed by atoms with Crippen LogP contribution >= 0.6 is 35.4 Å². The van der Waals surface area contributed by atoms with Crippen molar-refractivity contribution in [2.24, 2.45) is 0 Å². The number of hydrogen-bond acceptors (Lipinski definition) is 4. The van der Waals surface area contributed by atoms with E-state index in [-0.39, 0.29) is 17.3 Å². The summed E-state index contributed by atoms with van der Waals surface area (Å²) in [6.07, 6.45) is 1.51. The standard InChI is InChI=1S/C22H14Cl2N2O3S/c23-17-7-5-12(9-18(17)24)11-29-19-8-6-13-3-1-2-4-14(13)15(19)10-16-20(27)25-22(30)26-21(16)28/h1-10H,11H2,(H2,25,26,27,28,30). The van der Waals surface area contributed by atoms with Crippen LogP contribution in [0.2, 0.25) is 10.0 Å². The molecule has 8 heteroatoms. The second-order valence-corrected chi connectivity index (χ2v) is 7.75. The van der Waals surface area contributed by atoms with Gasteiger partial charge in [-0.05, 0) is 52.8 Å². The van der Waals surface area contributed by atoms with Gasteiger partial charge in [0.1, 0.15) is 17.9 Å². The molecule has 0 spiro atoms. The van der Waals surface area contributed by atoms with Crippen LogP contribution in [0.15, 0.2) is 60.2 Å². The van der Waals surface area contributed by atoms with Crippen LogP contribution in [0.3, 0.4) is 0 Å². The van der Waals surface area contributed by atoms with Gasteiger partial charge in [0.2, 0.25) is 0 Å². The summed E-state index contributed by atoms with van der Waals surface area (Å²) in [6, 6.07) is 16.6. The summed E-state index contributed by atoms with van der Waals surface area (Å²) in [4.78, 5) is 24.6. The minimum absolute atomic E-state index is 0.0174. The molecule has 3 aromatic rings. The number of ether oxygens (including phenoxy) is 1. The van der Waals surface area contributed by atoms with Crippen molar-refractivity contribution in [1.29, 1.82) is 0 Å². The Morgan fingerprint density at radius 3 is 2.40 bits per heavy atom. The summed E-state index contributed by atoms with van der Waals surface area (Å²) in [5.74, 6) is -0.611. The molecule has 0 radical (unpaired) electrons. The van der Waals surface area contributed by atoms with Gasteiger partial charge in [0.15, 0.2) is 5.11 Å². The van der Waals surface area contributed by atoms with Gasteiger partial charge in [-0.15, -0.1) is 0 Å². The maximum atomic E-state index is 12.3. The monoisotopic (exact) mass is 456 g/mol. The molecule has 0 aliphatic carbocycles. The Kier molecular flexibility index (Phi) is 5.72. The molecule has 1 heterocycles. The third-order valence-corrected chi connectivity index (χ3v) is 5.48. The van der Waals surface area contributed by atoms with Crippen molar-refractivity contribution in [3.8, 4) is 5.75 Å². The lowest BCUT2D eigenvalue weighted by atomic mass is 10.00. The molecular weight excluding hydrogens is 443 g/mol. The van der Waals surface area contributed by atoms with E-state index in [9.17, 15) is 9.59 Å². The van der Waals surface area contributed by atoms with Crippen LogP contribution < -0.4 is 15.4 Å². The number of carbonyl (C=O) groups is 2. The molecule has 150 valence electrons. The highest BCUT2D eigenvalue weighted by molar-refractivity contribution is 7.80. The zero-order valence-corrected chi connectivity index (χ0v) is 17.7. The van der Waals surface area contributed by atoms with Gasteiger partial charge in [-0.2, -0.15) is 0 Å². The predicted octanol–water partition coefficient (Wildman–Crippen LogP) is 4.64. The van der Waals surface area contributed by atoms with Crippen molar-refractivity contribution in [2.45, 2.75) is 6.61 Å². The lowest BCUT2D eigenvalue weighted by molar-refractivity contribution is -0.123. The molecule has 0 aromatic heterocycles. The summed E-state index contributed by atoms with van der Waals surface area (Å²) >= 11 is 16.9. The summed E-state index contributed by atoms with van der Waals surface area (Å²) < 4.78 is 6.02. The quantitative estimate of drug-likeness (QED) is 0.340. The molecule has 5 nitrogen and oxygen atoms in total. The Balaban J connectivity index is 1.75. The van der Waals surface area contributed by atoms with E-state index in [2.05, 4.69) is 10.6 Å². The fourth-order valence-corrected chi connectivity index (χ4v) is 3.60. The Bertz CT molecular complexity index is 1220. The fourth-order valence-electron chi connectivity index (χ4n) is 3.09. The van der Waals surface area contributed by atoms with Crippen LogP contribution in [0, 0.1) is 0 Å². The zero-order chi connectivity index (χ0) is 21.3. The number of nitrogens with one attached hydrogen (secondary N) is 2. The smallest absolute Gasteiger partial charge is 0.263 e. The number of carbonyl (C=O) groups excluding carboxylic acids is 2. The first-order valence-electron chi connectivity index (χ1n) is 8.89. The lowest BCUT2D eigenvalue weighted by Crippen LogP contribution is -2.51. The summed E-state index contributed by atoms with van der Waals surface area (Å²) in [6.45, 7) is 0.230. The molecule has 4 rings (SSSR count). The van der Waals surface area contributed by atoms with Crippen molar-refractivity contribution in [3.05, 3.63) is 81.3 Å². The predicted molar refractivity (Wildman–Crippen MR) is 122 cm³/mol. The molecule has 3 aromatic carbocycles. The molecule has 2 N–H and O–H groups in total. The topological polar surface area (TPSA) is 67.4 Å². The second kappa shape index (κ2) is 8.44. The third-order valence-electron chi connectivity index (χ3n) is 4.54. The average molecular weight is 457 g/mol. The molecule has 0 unspecified atom stereocenters. The Hall–Kier alpha value is -2.93. The van der Waals surface area contributed by atoms with E-state index >= 15 is 0 Å². The van der Waals surface area contributed by atoms with Crippen LogP contribution in [0.25, 0.3) is 16.8 Å². The van der Waals surface area contributed by atoms with Crippen molar-refractivity contribution in [2.75, 3.05) is 0 Å². The first kappa shape index (κ1) is 20.3. The second-order valence-electron chi connectivity index (χ2n) is 6.53. The number of amides is 2. The SMILES string of the molecule is O=C1NC(=S)NC(=O)C1=Cc1c(OCc2ccc(Cl)c(Cl)c2)ccc2ccccc12. The largest absolute Gasteiger partial charge is 0.488 e. The van der Waals surface area contributed by atoms with Crippen molar-refractivity contribution in [1.82, 2.24) is 10.6 Å². The van der Waals surface area contributed by atoms with E-state index in [1.807, 2.05) is 36.4 Å². The van der Waals surface area contributed by atoms with Gasteiger partial charge in [-0.1, -0.05) is 59.6 Å². The first-order chi connectivity index (χ1) is 14.4. The third kappa shape index (κ3) is 4.16. The van der Waals surface area contributed by atoms with Crippen LogP contribution in [0.1, 0.15) is 11.1 Å². The van der Waals surface area contributed by atoms with Crippen LogP contribution in [0.5, 0.6) is 5.75 Å². The van der Waals surface area contributed by atoms with Gasteiger partial charge in [-0.3, -0.25) is 20.2 Å². The van der Waals surface area contributed by atoms with Crippen molar-refractivity contribution in [3.63, 3.8) is 0 Å². The van der Waals surface area contributed by atoms with Crippen molar-refractivity contribution < 1.29 is 14.3 Å². The van der Waals surface area contributed by atoms with Gasteiger partial charge in [0.05, 0.1) is 10.0 Å². The van der Waals surface area contributed by atoms with E-state index in [1.54, 1.807) is 18.2 Å². The number of halogens is 2. The average Bonchev–Trinajstić information content (AvgIpc) is 2.72. The molecule has 2 amide bonds. The first-order valence-corrected chi connectivity index (χ1v) is 10.1. The number of rotatable bonds is 4. The Morgan fingerprint density at radius 1 is 0.933 bits per heavy atom. The number of thiocarbonyl (C=S) groups is 1. The molecule has 0 bridgehead atoms. The highest BCUT2D eigenvalue weighted by atomic mass is 35.5. The summed E-state index contributed by atoms with van der Waals surface area (Å²) in [5, 5.41) is 7.54. The normalized spacial score (nSPS) is 13.8. The maximum Gasteiger partial charge on any atom is 0.263 e. The van der Waals surface area contributed by atoms with Crippen molar-refractivity contribution >= 4 is 69.2 Å². The molecule has 30 heavy (non-hydrogen) atoms. The van der Waals surface area contributed by atoms with E-state index in [1.165, 1.54) is 6.08 Å². The van der Waals surface area contributed by atoms with Crippen LogP contribution in [-0.2, 0) is 16.2 Å². The lowest BCUT2D eigenvalue weighted by Gasteiger charge is -2.18. The number of benzene rings is 3. The number of fused-ring (bicyclic) bond motifs is 1. The van der Waals surface area contributed by atoms with Gasteiger partial charge in [0.25, 0.3) is 11.8 Å². The Morgan fingerprint density at radius 2 is 1.67 bits per heavy atom. The van der Waals surface area contributed by atoms with Gasteiger partial charge < -0.3 is 4.74 Å². The summed E-state index contributed by atoms with van der Waals surface area (Å²) in [5.41, 5.74) is 1.38. The van der Waals surface area contributed by atoms with E-state index in [0.29, 0.717) is 21.4 Å². The van der Waals surface area contributed by atoms with Gasteiger partial charge in [0, 0.05) is 5.56 Å². The summed E-state index contributed by atoms with van der Waals surface area (Å²) in [7, 11) is 0. The minimum Gasteiger partial charge on any atom is -0.488 e. The minimum atomic E-state index is -0.563. The molecule has 0 atom stereocenters.